The number of fused-ring (bicyclic) bond motifs is 4. The van der Waals surface area contributed by atoms with Gasteiger partial charge in [-0.15, -0.1) is 0 Å². The standard InChI is InChI=1S/C22H24N4O.C7H17NO/c1-14-6-7-17-16(9-14)12-26-15(2)11-25(13-20(17)26)19-10-21(27)24(3)22-18(19)5-4-8-23-22;1-3-5-9-6-7(8)4-2/h4-10,15,20H,11-13H2,1-3H3;7H,3-6,8H2,1-2H3. The summed E-state index contributed by atoms with van der Waals surface area (Å²) in [7, 11) is 1.79. The van der Waals surface area contributed by atoms with Crippen molar-refractivity contribution in [3.8, 4) is 0 Å². The third-order valence-electron chi connectivity index (χ3n) is 7.37. The molecule has 7 nitrogen and oxygen atoms in total. The molecule has 36 heavy (non-hydrogen) atoms. The van der Waals surface area contributed by atoms with Crippen LogP contribution in [0.25, 0.3) is 11.0 Å². The Kier molecular flexibility index (Phi) is 8.44. The molecule has 0 radical (unpaired) electrons. The molecule has 3 unspecified atom stereocenters. The predicted octanol–water partition coefficient (Wildman–Crippen LogP) is 4.16. The van der Waals surface area contributed by atoms with Crippen molar-refractivity contribution >= 4 is 16.7 Å². The van der Waals surface area contributed by atoms with Crippen molar-refractivity contribution in [1.29, 1.82) is 0 Å². The van der Waals surface area contributed by atoms with Crippen molar-refractivity contribution in [1.82, 2.24) is 14.5 Å². The Morgan fingerprint density at radius 3 is 2.75 bits per heavy atom. The summed E-state index contributed by atoms with van der Waals surface area (Å²) in [5, 5.41) is 1.04. The number of nitrogens with zero attached hydrogens (tertiary/aromatic N) is 4. The van der Waals surface area contributed by atoms with Crippen LogP contribution < -0.4 is 16.2 Å². The smallest absolute Gasteiger partial charge is 0.253 e. The van der Waals surface area contributed by atoms with Gasteiger partial charge in [0.25, 0.3) is 5.56 Å². The summed E-state index contributed by atoms with van der Waals surface area (Å²) in [5.41, 5.74) is 11.5. The second kappa shape index (κ2) is 11.5. The van der Waals surface area contributed by atoms with Gasteiger partial charge in [-0.3, -0.25) is 14.3 Å². The van der Waals surface area contributed by atoms with Gasteiger partial charge in [0, 0.05) is 63.0 Å². The van der Waals surface area contributed by atoms with Gasteiger partial charge in [0.15, 0.2) is 0 Å². The maximum absolute atomic E-state index is 12.5. The van der Waals surface area contributed by atoms with Crippen molar-refractivity contribution in [2.75, 3.05) is 31.2 Å². The number of pyridine rings is 2. The Labute approximate surface area is 214 Å². The summed E-state index contributed by atoms with van der Waals surface area (Å²) >= 11 is 0. The zero-order valence-corrected chi connectivity index (χ0v) is 22.4. The van der Waals surface area contributed by atoms with E-state index in [9.17, 15) is 4.79 Å². The number of hydrogen-bond acceptors (Lipinski definition) is 6. The summed E-state index contributed by atoms with van der Waals surface area (Å²) in [6.45, 7) is 13.0. The maximum Gasteiger partial charge on any atom is 0.253 e. The van der Waals surface area contributed by atoms with Crippen LogP contribution in [-0.4, -0.2) is 52.8 Å². The molecule has 1 saturated heterocycles. The SMILES string of the molecule is CCCOCC(N)CC.Cc1ccc2c(c1)CN1C(C)CN(c3cc(=O)n(C)c4ncccc34)CC21. The van der Waals surface area contributed by atoms with Crippen molar-refractivity contribution < 1.29 is 4.74 Å². The Morgan fingerprint density at radius 1 is 1.19 bits per heavy atom. The lowest BCUT2D eigenvalue weighted by Crippen LogP contribution is -2.51. The Morgan fingerprint density at radius 2 is 2.00 bits per heavy atom. The van der Waals surface area contributed by atoms with Crippen molar-refractivity contribution in [2.45, 2.75) is 65.2 Å². The Hall–Kier alpha value is -2.74. The number of nitrogens with two attached hydrogens (primary N) is 1. The minimum atomic E-state index is -0.00581. The monoisotopic (exact) mass is 491 g/mol. The first-order valence-corrected chi connectivity index (χ1v) is 13.2. The number of rotatable bonds is 6. The van der Waals surface area contributed by atoms with Crippen LogP contribution in [0.2, 0.25) is 0 Å². The van der Waals surface area contributed by atoms with Gasteiger partial charge in [-0.25, -0.2) is 4.98 Å². The molecule has 2 N–H and O–H groups in total. The van der Waals surface area contributed by atoms with Crippen LogP contribution in [0.3, 0.4) is 0 Å². The molecule has 0 aliphatic carbocycles. The average Bonchev–Trinajstić information content (AvgIpc) is 3.24. The molecule has 2 aliphatic rings. The summed E-state index contributed by atoms with van der Waals surface area (Å²) in [6.07, 6.45) is 3.84. The highest BCUT2D eigenvalue weighted by atomic mass is 16.5. The molecule has 0 spiro atoms. The van der Waals surface area contributed by atoms with E-state index in [0.717, 1.165) is 55.8 Å². The molecule has 1 aromatic carbocycles. The van der Waals surface area contributed by atoms with E-state index in [-0.39, 0.29) is 11.6 Å². The first-order chi connectivity index (χ1) is 17.3. The first kappa shape index (κ1) is 26.3. The van der Waals surface area contributed by atoms with Gasteiger partial charge in [0.05, 0.1) is 18.3 Å². The molecule has 4 heterocycles. The lowest BCUT2D eigenvalue weighted by Gasteiger charge is -2.43. The molecule has 0 amide bonds. The largest absolute Gasteiger partial charge is 0.380 e. The van der Waals surface area contributed by atoms with Gasteiger partial charge >= 0.3 is 0 Å². The highest BCUT2D eigenvalue weighted by Gasteiger charge is 2.39. The summed E-state index contributed by atoms with van der Waals surface area (Å²) in [5.74, 6) is 0. The van der Waals surface area contributed by atoms with E-state index in [1.54, 1.807) is 23.9 Å². The fraction of sp³-hybridized carbons (Fsp3) is 0.517. The molecule has 0 saturated carbocycles. The van der Waals surface area contributed by atoms with Crippen LogP contribution >= 0.6 is 0 Å². The third kappa shape index (κ3) is 5.48. The topological polar surface area (TPSA) is 76.6 Å². The van der Waals surface area contributed by atoms with Gasteiger partial charge in [-0.05, 0) is 49.9 Å². The number of anilines is 1. The van der Waals surface area contributed by atoms with E-state index in [2.05, 4.69) is 66.7 Å². The van der Waals surface area contributed by atoms with E-state index in [1.807, 2.05) is 6.07 Å². The van der Waals surface area contributed by atoms with Gasteiger partial charge in [-0.1, -0.05) is 37.6 Å². The average molecular weight is 492 g/mol. The number of aryl methyl sites for hydroxylation is 2. The Balaban J connectivity index is 0.000000292. The van der Waals surface area contributed by atoms with Crippen molar-refractivity contribution in [3.63, 3.8) is 0 Å². The van der Waals surface area contributed by atoms with E-state index >= 15 is 0 Å². The fourth-order valence-electron chi connectivity index (χ4n) is 5.27. The molecule has 0 bridgehead atoms. The van der Waals surface area contributed by atoms with Gasteiger partial charge < -0.3 is 15.4 Å². The molecule has 7 heteroatoms. The predicted molar refractivity (Wildman–Crippen MR) is 147 cm³/mol. The van der Waals surface area contributed by atoms with Crippen LogP contribution in [0, 0.1) is 6.92 Å². The lowest BCUT2D eigenvalue weighted by molar-refractivity contribution is 0.120. The van der Waals surface area contributed by atoms with Crippen LogP contribution in [0.4, 0.5) is 5.69 Å². The fourth-order valence-corrected chi connectivity index (χ4v) is 5.27. The molecular weight excluding hydrogens is 450 g/mol. The molecule has 5 rings (SSSR count). The summed E-state index contributed by atoms with van der Waals surface area (Å²) < 4.78 is 6.84. The second-order valence-electron chi connectivity index (χ2n) is 10.2. The van der Waals surface area contributed by atoms with Gasteiger partial charge in [-0.2, -0.15) is 0 Å². The zero-order valence-electron chi connectivity index (χ0n) is 22.4. The van der Waals surface area contributed by atoms with Crippen LogP contribution in [0.5, 0.6) is 0 Å². The van der Waals surface area contributed by atoms with E-state index in [4.69, 9.17) is 10.5 Å². The number of hydrogen-bond donors (Lipinski definition) is 1. The molecule has 1 fully saturated rings. The summed E-state index contributed by atoms with van der Waals surface area (Å²) in [4.78, 5) is 22.0. The maximum atomic E-state index is 12.5. The minimum absolute atomic E-state index is 0.00581. The lowest BCUT2D eigenvalue weighted by atomic mass is 9.99. The molecule has 2 aliphatic heterocycles. The third-order valence-corrected chi connectivity index (χ3v) is 7.37. The quantitative estimate of drug-likeness (QED) is 0.522. The van der Waals surface area contributed by atoms with Crippen LogP contribution in [0.1, 0.15) is 56.3 Å². The number of piperazine rings is 1. The number of benzene rings is 1. The zero-order chi connectivity index (χ0) is 25.8. The van der Waals surface area contributed by atoms with Crippen LogP contribution in [-0.2, 0) is 18.3 Å². The highest BCUT2D eigenvalue weighted by Crippen LogP contribution is 2.40. The summed E-state index contributed by atoms with van der Waals surface area (Å²) in [6, 6.07) is 13.6. The van der Waals surface area contributed by atoms with E-state index in [1.165, 1.54) is 16.7 Å². The molecule has 3 aromatic rings. The number of ether oxygens (including phenoxy) is 1. The minimum Gasteiger partial charge on any atom is -0.380 e. The number of aromatic nitrogens is 2. The van der Waals surface area contributed by atoms with Gasteiger partial charge in [0.2, 0.25) is 0 Å². The first-order valence-electron chi connectivity index (χ1n) is 13.2. The highest BCUT2D eigenvalue weighted by molar-refractivity contribution is 5.89. The van der Waals surface area contributed by atoms with E-state index < -0.39 is 0 Å². The second-order valence-corrected chi connectivity index (χ2v) is 10.2. The molecular formula is C29H41N5O2. The normalized spacial score (nSPS) is 20.0. The van der Waals surface area contributed by atoms with E-state index in [0.29, 0.717) is 18.7 Å². The van der Waals surface area contributed by atoms with Crippen molar-refractivity contribution in [3.05, 3.63) is 69.6 Å². The molecule has 194 valence electrons. The molecule has 2 aromatic heterocycles. The van der Waals surface area contributed by atoms with Crippen LogP contribution in [0.15, 0.2) is 47.4 Å². The Bertz CT molecular complexity index is 1240. The molecule has 3 atom stereocenters. The van der Waals surface area contributed by atoms with Gasteiger partial charge in [0.1, 0.15) is 5.65 Å². The van der Waals surface area contributed by atoms with Crippen molar-refractivity contribution in [2.24, 2.45) is 12.8 Å².